The van der Waals surface area contributed by atoms with Crippen molar-refractivity contribution in [3.8, 4) is 5.75 Å². The van der Waals surface area contributed by atoms with Crippen molar-refractivity contribution < 1.29 is 14.5 Å². The number of hydrogen-bond acceptors (Lipinski definition) is 4. The summed E-state index contributed by atoms with van der Waals surface area (Å²) in [6.07, 6.45) is 2.24. The number of methoxy groups -OCH3 is 1. The van der Waals surface area contributed by atoms with Gasteiger partial charge in [0.25, 0.3) is 11.6 Å². The molecule has 0 aliphatic heterocycles. The molecule has 1 atom stereocenters. The number of non-ortho nitro benzene ring substituents is 1. The second-order valence-electron chi connectivity index (χ2n) is 4.74. The van der Waals surface area contributed by atoms with Gasteiger partial charge in [0.1, 0.15) is 5.75 Å². The molecule has 102 valence electrons. The molecule has 0 radical (unpaired) electrons. The molecule has 1 aromatic rings. The van der Waals surface area contributed by atoms with Crippen LogP contribution in [0.1, 0.15) is 30.1 Å². The first-order chi connectivity index (χ1) is 9.02. The predicted molar refractivity (Wildman–Crippen MR) is 69.3 cm³/mol. The summed E-state index contributed by atoms with van der Waals surface area (Å²) in [5.41, 5.74) is 0.0780. The molecule has 0 heterocycles. The van der Waals surface area contributed by atoms with E-state index in [0.717, 1.165) is 12.8 Å². The number of hydrogen-bond donors (Lipinski definition) is 1. The van der Waals surface area contributed by atoms with Crippen LogP contribution in [0.5, 0.6) is 5.75 Å². The normalized spacial score (nSPS) is 15.7. The van der Waals surface area contributed by atoms with Gasteiger partial charge in [0, 0.05) is 18.2 Å². The maximum atomic E-state index is 12.1. The highest BCUT2D eigenvalue weighted by atomic mass is 16.6. The van der Waals surface area contributed by atoms with Gasteiger partial charge in [-0.15, -0.1) is 0 Å². The number of benzene rings is 1. The highest BCUT2D eigenvalue weighted by molar-refractivity contribution is 5.97. The van der Waals surface area contributed by atoms with Crippen molar-refractivity contribution in [3.63, 3.8) is 0 Å². The lowest BCUT2D eigenvalue weighted by molar-refractivity contribution is -0.384. The van der Waals surface area contributed by atoms with E-state index in [2.05, 4.69) is 5.32 Å². The Morgan fingerprint density at radius 3 is 2.74 bits per heavy atom. The van der Waals surface area contributed by atoms with Crippen molar-refractivity contribution >= 4 is 11.6 Å². The van der Waals surface area contributed by atoms with E-state index in [4.69, 9.17) is 4.74 Å². The minimum atomic E-state index is -0.527. The SMILES string of the molecule is COc1ccc([N+](=O)[O-])cc1C(=O)N[C@H](C)C1CC1. The molecule has 0 aromatic heterocycles. The molecule has 2 rings (SSSR count). The van der Waals surface area contributed by atoms with Gasteiger partial charge in [0.2, 0.25) is 0 Å². The highest BCUT2D eigenvalue weighted by Gasteiger charge is 2.30. The molecule has 19 heavy (non-hydrogen) atoms. The van der Waals surface area contributed by atoms with Crippen LogP contribution in [-0.2, 0) is 0 Å². The minimum Gasteiger partial charge on any atom is -0.496 e. The molecule has 1 fully saturated rings. The Kier molecular flexibility index (Phi) is 3.69. The number of nitrogens with zero attached hydrogens (tertiary/aromatic N) is 1. The molecular weight excluding hydrogens is 248 g/mol. The first-order valence-electron chi connectivity index (χ1n) is 6.16. The van der Waals surface area contributed by atoms with E-state index in [9.17, 15) is 14.9 Å². The summed E-state index contributed by atoms with van der Waals surface area (Å²) in [6.45, 7) is 1.94. The maximum Gasteiger partial charge on any atom is 0.270 e. The van der Waals surface area contributed by atoms with Crippen LogP contribution in [0.4, 0.5) is 5.69 Å². The van der Waals surface area contributed by atoms with Crippen molar-refractivity contribution in [1.29, 1.82) is 0 Å². The fourth-order valence-electron chi connectivity index (χ4n) is 1.99. The lowest BCUT2D eigenvalue weighted by Crippen LogP contribution is -2.34. The summed E-state index contributed by atoms with van der Waals surface area (Å²) >= 11 is 0. The fourth-order valence-corrected chi connectivity index (χ4v) is 1.99. The number of amides is 1. The van der Waals surface area contributed by atoms with Crippen molar-refractivity contribution in [2.45, 2.75) is 25.8 Å². The number of carbonyl (C=O) groups excluding carboxylic acids is 1. The van der Waals surface area contributed by atoms with Gasteiger partial charge in [-0.3, -0.25) is 14.9 Å². The molecule has 1 saturated carbocycles. The van der Waals surface area contributed by atoms with Gasteiger partial charge >= 0.3 is 0 Å². The number of nitro groups is 1. The Hall–Kier alpha value is -2.11. The van der Waals surface area contributed by atoms with Crippen molar-refractivity contribution in [2.75, 3.05) is 7.11 Å². The summed E-state index contributed by atoms with van der Waals surface area (Å²) < 4.78 is 5.08. The monoisotopic (exact) mass is 264 g/mol. The van der Waals surface area contributed by atoms with E-state index >= 15 is 0 Å². The standard InChI is InChI=1S/C13H16N2O4/c1-8(9-3-4-9)14-13(16)11-7-10(15(17)18)5-6-12(11)19-2/h5-9H,3-4H2,1-2H3,(H,14,16)/t8-/m1/s1. The molecule has 1 aromatic carbocycles. The van der Waals surface area contributed by atoms with Gasteiger partial charge in [-0.25, -0.2) is 0 Å². The third-order valence-corrected chi connectivity index (χ3v) is 3.33. The first-order valence-corrected chi connectivity index (χ1v) is 6.16. The lowest BCUT2D eigenvalue weighted by Gasteiger charge is -2.14. The topological polar surface area (TPSA) is 81.5 Å². The number of nitrogens with one attached hydrogen (secondary N) is 1. The molecule has 0 bridgehead atoms. The summed E-state index contributed by atoms with van der Waals surface area (Å²) in [5, 5.41) is 13.6. The van der Waals surface area contributed by atoms with E-state index in [1.54, 1.807) is 0 Å². The molecule has 1 aliphatic rings. The number of rotatable bonds is 5. The third kappa shape index (κ3) is 3.01. The van der Waals surface area contributed by atoms with Crippen LogP contribution in [0, 0.1) is 16.0 Å². The van der Waals surface area contributed by atoms with Crippen LogP contribution in [0.25, 0.3) is 0 Å². The first kappa shape index (κ1) is 13.3. The van der Waals surface area contributed by atoms with Crippen LogP contribution in [0.3, 0.4) is 0 Å². The van der Waals surface area contributed by atoms with E-state index in [1.165, 1.54) is 25.3 Å². The zero-order valence-electron chi connectivity index (χ0n) is 10.9. The summed E-state index contributed by atoms with van der Waals surface area (Å²) in [6, 6.07) is 4.08. The predicted octanol–water partition coefficient (Wildman–Crippen LogP) is 2.13. The molecule has 1 aliphatic carbocycles. The third-order valence-electron chi connectivity index (χ3n) is 3.33. The fraction of sp³-hybridized carbons (Fsp3) is 0.462. The van der Waals surface area contributed by atoms with Gasteiger partial charge < -0.3 is 10.1 Å². The van der Waals surface area contributed by atoms with Gasteiger partial charge in [0.15, 0.2) is 0 Å². The van der Waals surface area contributed by atoms with E-state index in [0.29, 0.717) is 11.7 Å². The van der Waals surface area contributed by atoms with Crippen LogP contribution in [0.2, 0.25) is 0 Å². The Morgan fingerprint density at radius 2 is 2.21 bits per heavy atom. The molecular formula is C13H16N2O4. The van der Waals surface area contributed by atoms with Gasteiger partial charge in [-0.2, -0.15) is 0 Å². The summed E-state index contributed by atoms with van der Waals surface area (Å²) in [5.74, 6) is 0.527. The van der Waals surface area contributed by atoms with Gasteiger partial charge in [0.05, 0.1) is 17.6 Å². The van der Waals surface area contributed by atoms with Crippen LogP contribution >= 0.6 is 0 Å². The van der Waals surface area contributed by atoms with Crippen molar-refractivity contribution in [1.82, 2.24) is 5.32 Å². The number of carbonyl (C=O) groups is 1. The molecule has 0 spiro atoms. The Balaban J connectivity index is 2.22. The Bertz CT molecular complexity index is 511. The number of ether oxygens (including phenoxy) is 1. The van der Waals surface area contributed by atoms with Crippen molar-refractivity contribution in [2.24, 2.45) is 5.92 Å². The molecule has 0 unspecified atom stereocenters. The highest BCUT2D eigenvalue weighted by Crippen LogP contribution is 2.33. The van der Waals surface area contributed by atoms with Gasteiger partial charge in [-0.1, -0.05) is 0 Å². The quantitative estimate of drug-likeness (QED) is 0.652. The molecule has 1 amide bonds. The maximum absolute atomic E-state index is 12.1. The number of nitro benzene ring substituents is 1. The molecule has 6 nitrogen and oxygen atoms in total. The second kappa shape index (κ2) is 5.26. The molecule has 1 N–H and O–H groups in total. The summed E-state index contributed by atoms with van der Waals surface area (Å²) in [7, 11) is 1.43. The lowest BCUT2D eigenvalue weighted by atomic mass is 10.1. The molecule has 6 heteroatoms. The van der Waals surface area contributed by atoms with E-state index < -0.39 is 4.92 Å². The van der Waals surface area contributed by atoms with Crippen LogP contribution in [-0.4, -0.2) is 24.0 Å². The largest absolute Gasteiger partial charge is 0.496 e. The summed E-state index contributed by atoms with van der Waals surface area (Å²) in [4.78, 5) is 22.3. The van der Waals surface area contributed by atoms with Crippen LogP contribution in [0.15, 0.2) is 18.2 Å². The van der Waals surface area contributed by atoms with Crippen LogP contribution < -0.4 is 10.1 Å². The van der Waals surface area contributed by atoms with Gasteiger partial charge in [-0.05, 0) is 31.7 Å². The average Bonchev–Trinajstić information content (AvgIpc) is 3.21. The van der Waals surface area contributed by atoms with Crippen molar-refractivity contribution in [3.05, 3.63) is 33.9 Å². The Morgan fingerprint density at radius 1 is 1.53 bits per heavy atom. The molecule has 0 saturated heterocycles. The smallest absolute Gasteiger partial charge is 0.270 e. The average molecular weight is 264 g/mol. The Labute approximate surface area is 110 Å². The van der Waals surface area contributed by atoms with E-state index in [1.807, 2.05) is 6.92 Å². The van der Waals surface area contributed by atoms with E-state index in [-0.39, 0.29) is 23.2 Å². The zero-order chi connectivity index (χ0) is 14.0. The minimum absolute atomic E-state index is 0.0801. The second-order valence-corrected chi connectivity index (χ2v) is 4.74. The zero-order valence-corrected chi connectivity index (χ0v) is 10.9.